The Morgan fingerprint density at radius 2 is 1.68 bits per heavy atom. The number of benzene rings is 1. The molecule has 0 amide bonds. The fourth-order valence-electron chi connectivity index (χ4n) is 3.61. The van der Waals surface area contributed by atoms with E-state index in [9.17, 15) is 0 Å². The van der Waals surface area contributed by atoms with Crippen LogP contribution in [0.15, 0.2) is 30.3 Å². The molecule has 2 heteroatoms. The molecular formula is C17H28N2. The van der Waals surface area contributed by atoms with Crippen LogP contribution in [-0.2, 0) is 5.41 Å². The summed E-state index contributed by atoms with van der Waals surface area (Å²) in [4.78, 5) is 0. The van der Waals surface area contributed by atoms with Crippen LogP contribution in [-0.4, -0.2) is 12.6 Å². The van der Waals surface area contributed by atoms with Crippen molar-refractivity contribution in [3.05, 3.63) is 35.9 Å². The fraction of sp³-hybridized carbons (Fsp3) is 0.647. The molecule has 1 saturated carbocycles. The van der Waals surface area contributed by atoms with Crippen molar-refractivity contribution in [1.82, 2.24) is 0 Å². The van der Waals surface area contributed by atoms with E-state index in [0.717, 1.165) is 25.8 Å². The van der Waals surface area contributed by atoms with Crippen LogP contribution in [0.4, 0.5) is 0 Å². The molecular weight excluding hydrogens is 232 g/mol. The van der Waals surface area contributed by atoms with Crippen molar-refractivity contribution in [2.75, 3.05) is 6.54 Å². The number of nitrogens with two attached hydrogens (primary N) is 2. The minimum Gasteiger partial charge on any atom is -0.330 e. The van der Waals surface area contributed by atoms with E-state index in [1.165, 1.54) is 37.7 Å². The molecule has 0 heterocycles. The summed E-state index contributed by atoms with van der Waals surface area (Å²) in [5.74, 6) is 0. The fourth-order valence-corrected chi connectivity index (χ4v) is 3.61. The maximum atomic E-state index is 6.62. The van der Waals surface area contributed by atoms with Crippen molar-refractivity contribution in [3.8, 4) is 0 Å². The van der Waals surface area contributed by atoms with Gasteiger partial charge in [-0.2, -0.15) is 0 Å². The second-order valence-electron chi connectivity index (χ2n) is 5.97. The molecule has 0 saturated heterocycles. The molecule has 4 N–H and O–H groups in total. The van der Waals surface area contributed by atoms with Crippen molar-refractivity contribution in [2.45, 2.75) is 62.8 Å². The first-order chi connectivity index (χ1) is 9.29. The van der Waals surface area contributed by atoms with Gasteiger partial charge >= 0.3 is 0 Å². The predicted octanol–water partition coefficient (Wildman–Crippen LogP) is 3.34. The molecule has 0 spiro atoms. The average Bonchev–Trinajstić information content (AvgIpc) is 2.49. The first-order valence-corrected chi connectivity index (χ1v) is 7.81. The highest BCUT2D eigenvalue weighted by molar-refractivity contribution is 5.28. The Labute approximate surface area is 117 Å². The van der Waals surface area contributed by atoms with E-state index in [-0.39, 0.29) is 11.5 Å². The summed E-state index contributed by atoms with van der Waals surface area (Å²) in [6.07, 6.45) is 9.86. The minimum atomic E-state index is 0.216. The number of hydrogen-bond acceptors (Lipinski definition) is 2. The topological polar surface area (TPSA) is 52.0 Å². The van der Waals surface area contributed by atoms with Crippen LogP contribution in [0.25, 0.3) is 0 Å². The molecule has 1 aromatic carbocycles. The lowest BCUT2D eigenvalue weighted by molar-refractivity contribution is 0.231. The third-order valence-electron chi connectivity index (χ3n) is 4.77. The van der Waals surface area contributed by atoms with Gasteiger partial charge in [0, 0.05) is 11.5 Å². The lowest BCUT2D eigenvalue weighted by Crippen LogP contribution is -2.46. The molecule has 1 atom stereocenters. The second-order valence-corrected chi connectivity index (χ2v) is 5.97. The van der Waals surface area contributed by atoms with E-state index in [1.807, 2.05) is 0 Å². The van der Waals surface area contributed by atoms with Crippen LogP contribution in [0, 0.1) is 0 Å². The zero-order valence-electron chi connectivity index (χ0n) is 12.0. The number of hydrogen-bond donors (Lipinski definition) is 2. The van der Waals surface area contributed by atoms with Crippen molar-refractivity contribution in [1.29, 1.82) is 0 Å². The summed E-state index contributed by atoms with van der Waals surface area (Å²) in [6, 6.07) is 11.2. The van der Waals surface area contributed by atoms with Gasteiger partial charge in [0.15, 0.2) is 0 Å². The van der Waals surface area contributed by atoms with Gasteiger partial charge in [0.2, 0.25) is 0 Å². The van der Waals surface area contributed by atoms with Gasteiger partial charge in [0.05, 0.1) is 0 Å². The Kier molecular flexibility index (Phi) is 5.41. The van der Waals surface area contributed by atoms with Crippen LogP contribution >= 0.6 is 0 Å². The van der Waals surface area contributed by atoms with E-state index in [0.29, 0.717) is 0 Å². The number of unbranched alkanes of at least 4 members (excludes halogenated alkanes) is 1. The molecule has 1 aliphatic carbocycles. The summed E-state index contributed by atoms with van der Waals surface area (Å²) >= 11 is 0. The SMILES string of the molecule is NCCCCC(N)C1(c2ccccc2)CCCCC1. The van der Waals surface area contributed by atoms with Gasteiger partial charge in [0.25, 0.3) is 0 Å². The van der Waals surface area contributed by atoms with Gasteiger partial charge in [-0.3, -0.25) is 0 Å². The standard InChI is InChI=1S/C17H28N2/c18-14-8-5-11-16(19)17(12-6-2-7-13-17)15-9-3-1-4-10-15/h1,3-4,9-10,16H,2,5-8,11-14,18-19H2. The minimum absolute atomic E-state index is 0.216. The van der Waals surface area contributed by atoms with Crippen molar-refractivity contribution < 1.29 is 0 Å². The summed E-state index contributed by atoms with van der Waals surface area (Å²) in [5.41, 5.74) is 13.9. The molecule has 0 aliphatic heterocycles. The molecule has 1 aromatic rings. The first-order valence-electron chi connectivity index (χ1n) is 7.81. The van der Waals surface area contributed by atoms with Gasteiger partial charge in [-0.05, 0) is 37.8 Å². The zero-order valence-corrected chi connectivity index (χ0v) is 12.0. The molecule has 1 fully saturated rings. The monoisotopic (exact) mass is 260 g/mol. The summed E-state index contributed by atoms with van der Waals surface area (Å²) in [6.45, 7) is 0.783. The molecule has 0 radical (unpaired) electrons. The predicted molar refractivity (Wildman–Crippen MR) is 82.1 cm³/mol. The molecule has 1 aliphatic rings. The van der Waals surface area contributed by atoms with Gasteiger partial charge in [-0.15, -0.1) is 0 Å². The van der Waals surface area contributed by atoms with Crippen molar-refractivity contribution in [2.24, 2.45) is 11.5 Å². The van der Waals surface area contributed by atoms with Crippen molar-refractivity contribution >= 4 is 0 Å². The Bertz CT molecular complexity index is 355. The third-order valence-corrected chi connectivity index (χ3v) is 4.77. The quantitative estimate of drug-likeness (QED) is 0.771. The van der Waals surface area contributed by atoms with Crippen LogP contribution in [0.1, 0.15) is 56.9 Å². The van der Waals surface area contributed by atoms with E-state index in [1.54, 1.807) is 0 Å². The van der Waals surface area contributed by atoms with Crippen LogP contribution in [0.2, 0.25) is 0 Å². The Hall–Kier alpha value is -0.860. The van der Waals surface area contributed by atoms with Crippen LogP contribution in [0.3, 0.4) is 0 Å². The van der Waals surface area contributed by atoms with Crippen LogP contribution < -0.4 is 11.5 Å². The van der Waals surface area contributed by atoms with Gasteiger partial charge in [-0.25, -0.2) is 0 Å². The molecule has 1 unspecified atom stereocenters. The number of rotatable bonds is 6. The Morgan fingerprint density at radius 1 is 1.00 bits per heavy atom. The van der Waals surface area contributed by atoms with E-state index < -0.39 is 0 Å². The highest BCUT2D eigenvalue weighted by Gasteiger charge is 2.38. The molecule has 0 bridgehead atoms. The van der Waals surface area contributed by atoms with Crippen LogP contribution in [0.5, 0.6) is 0 Å². The molecule has 106 valence electrons. The molecule has 2 nitrogen and oxygen atoms in total. The Balaban J connectivity index is 2.15. The highest BCUT2D eigenvalue weighted by Crippen LogP contribution is 2.42. The Morgan fingerprint density at radius 3 is 2.32 bits per heavy atom. The van der Waals surface area contributed by atoms with E-state index in [4.69, 9.17) is 11.5 Å². The summed E-state index contributed by atoms with van der Waals surface area (Å²) in [5, 5.41) is 0. The lowest BCUT2D eigenvalue weighted by Gasteiger charge is -2.43. The molecule has 19 heavy (non-hydrogen) atoms. The van der Waals surface area contributed by atoms with E-state index >= 15 is 0 Å². The first kappa shape index (κ1) is 14.5. The van der Waals surface area contributed by atoms with Gasteiger partial charge < -0.3 is 11.5 Å². The normalized spacial score (nSPS) is 20.1. The summed E-state index contributed by atoms with van der Waals surface area (Å²) in [7, 11) is 0. The van der Waals surface area contributed by atoms with Gasteiger partial charge in [-0.1, -0.05) is 56.0 Å². The smallest absolute Gasteiger partial charge is 0.0136 e. The largest absolute Gasteiger partial charge is 0.330 e. The maximum Gasteiger partial charge on any atom is 0.0136 e. The van der Waals surface area contributed by atoms with E-state index in [2.05, 4.69) is 30.3 Å². The second kappa shape index (κ2) is 7.06. The zero-order chi connectivity index (χ0) is 13.6. The lowest BCUT2D eigenvalue weighted by atomic mass is 9.64. The summed E-state index contributed by atoms with van der Waals surface area (Å²) < 4.78 is 0. The third kappa shape index (κ3) is 3.37. The molecule has 0 aromatic heterocycles. The maximum absolute atomic E-state index is 6.62. The van der Waals surface area contributed by atoms with Crippen molar-refractivity contribution in [3.63, 3.8) is 0 Å². The highest BCUT2D eigenvalue weighted by atomic mass is 14.7. The van der Waals surface area contributed by atoms with Gasteiger partial charge in [0.1, 0.15) is 0 Å². The average molecular weight is 260 g/mol. The molecule has 2 rings (SSSR count).